The van der Waals surface area contributed by atoms with Crippen molar-refractivity contribution in [3.63, 3.8) is 0 Å². The molecule has 3 rings (SSSR count). The highest BCUT2D eigenvalue weighted by Gasteiger charge is 2.17. The molecule has 0 bridgehead atoms. The minimum atomic E-state index is -0.491. The molecule has 1 heterocycles. The quantitative estimate of drug-likeness (QED) is 0.843. The number of para-hydroxylation sites is 3. The lowest BCUT2D eigenvalue weighted by Gasteiger charge is -2.20. The molecule has 1 fully saturated rings. The molecule has 1 unspecified atom stereocenters. The fourth-order valence-electron chi connectivity index (χ4n) is 2.95. The van der Waals surface area contributed by atoms with Crippen LogP contribution in [0.4, 0.5) is 0 Å². The second kappa shape index (κ2) is 8.18. The van der Waals surface area contributed by atoms with E-state index in [1.807, 2.05) is 55.5 Å². The second-order valence-corrected chi connectivity index (χ2v) is 6.29. The molecular formula is C20H25NO3. The number of aliphatic hydroxyl groups is 1. The highest BCUT2D eigenvalue weighted by atomic mass is 16.5. The van der Waals surface area contributed by atoms with Crippen molar-refractivity contribution in [3.8, 4) is 17.2 Å². The predicted octanol–water partition coefficient (Wildman–Crippen LogP) is 3.62. The van der Waals surface area contributed by atoms with Gasteiger partial charge in [-0.1, -0.05) is 30.3 Å². The van der Waals surface area contributed by atoms with Gasteiger partial charge in [-0.2, -0.15) is 0 Å². The maximum atomic E-state index is 10.2. The summed E-state index contributed by atoms with van der Waals surface area (Å²) in [4.78, 5) is 2.28. The van der Waals surface area contributed by atoms with E-state index < -0.39 is 6.10 Å². The van der Waals surface area contributed by atoms with E-state index in [2.05, 4.69) is 4.90 Å². The van der Waals surface area contributed by atoms with Crippen molar-refractivity contribution < 1.29 is 14.6 Å². The highest BCUT2D eigenvalue weighted by molar-refractivity contribution is 5.44. The van der Waals surface area contributed by atoms with Crippen LogP contribution in [0, 0.1) is 6.92 Å². The molecular weight excluding hydrogens is 302 g/mol. The zero-order valence-electron chi connectivity index (χ0n) is 14.1. The van der Waals surface area contributed by atoms with E-state index in [0.29, 0.717) is 18.0 Å². The first-order chi connectivity index (χ1) is 11.7. The van der Waals surface area contributed by atoms with Crippen LogP contribution in [0.1, 0.15) is 18.4 Å². The van der Waals surface area contributed by atoms with Crippen molar-refractivity contribution >= 4 is 0 Å². The number of nitrogens with zero attached hydrogens (tertiary/aromatic N) is 1. The van der Waals surface area contributed by atoms with Crippen molar-refractivity contribution in [3.05, 3.63) is 54.1 Å². The van der Waals surface area contributed by atoms with Crippen LogP contribution in [-0.2, 0) is 0 Å². The third kappa shape index (κ3) is 4.49. The highest BCUT2D eigenvalue weighted by Crippen LogP contribution is 2.32. The Balaban J connectivity index is 1.60. The standard InChI is InChI=1S/C20H25NO3/c1-16-8-2-3-9-18(16)24-20-11-5-4-10-19(20)23-15-17(22)14-21-12-6-7-13-21/h2-5,8-11,17,22H,6-7,12-15H2,1H3. The molecule has 2 aromatic carbocycles. The topological polar surface area (TPSA) is 41.9 Å². The lowest BCUT2D eigenvalue weighted by Crippen LogP contribution is -2.33. The summed E-state index contributed by atoms with van der Waals surface area (Å²) in [5, 5.41) is 10.2. The Labute approximate surface area is 143 Å². The van der Waals surface area contributed by atoms with Gasteiger partial charge >= 0.3 is 0 Å². The van der Waals surface area contributed by atoms with Crippen LogP contribution in [0.25, 0.3) is 0 Å². The fraction of sp³-hybridized carbons (Fsp3) is 0.400. The molecule has 0 aliphatic carbocycles. The lowest BCUT2D eigenvalue weighted by atomic mass is 10.2. The molecule has 0 aromatic heterocycles. The van der Waals surface area contributed by atoms with E-state index in [0.717, 1.165) is 24.4 Å². The molecule has 1 aliphatic rings. The summed E-state index contributed by atoms with van der Waals surface area (Å²) in [6, 6.07) is 15.5. The van der Waals surface area contributed by atoms with Crippen molar-refractivity contribution in [2.75, 3.05) is 26.2 Å². The lowest BCUT2D eigenvalue weighted by molar-refractivity contribution is 0.0749. The number of aryl methyl sites for hydroxylation is 1. The van der Waals surface area contributed by atoms with Crippen LogP contribution >= 0.6 is 0 Å². The zero-order chi connectivity index (χ0) is 16.8. The van der Waals surface area contributed by atoms with Gasteiger partial charge in [-0.05, 0) is 56.6 Å². The largest absolute Gasteiger partial charge is 0.487 e. The van der Waals surface area contributed by atoms with Crippen molar-refractivity contribution in [1.82, 2.24) is 4.90 Å². The third-order valence-corrected chi connectivity index (χ3v) is 4.26. The number of ether oxygens (including phenoxy) is 2. The average molecular weight is 327 g/mol. The van der Waals surface area contributed by atoms with Crippen LogP contribution < -0.4 is 9.47 Å². The molecule has 1 saturated heterocycles. The third-order valence-electron chi connectivity index (χ3n) is 4.26. The first-order valence-corrected chi connectivity index (χ1v) is 8.58. The Bertz CT molecular complexity index is 653. The van der Waals surface area contributed by atoms with E-state index in [1.54, 1.807) is 0 Å². The molecule has 1 N–H and O–H groups in total. The minimum Gasteiger partial charge on any atom is -0.487 e. The number of hydrogen-bond donors (Lipinski definition) is 1. The fourth-order valence-corrected chi connectivity index (χ4v) is 2.95. The Kier molecular flexibility index (Phi) is 5.72. The maximum absolute atomic E-state index is 10.2. The van der Waals surface area contributed by atoms with Gasteiger partial charge in [-0.25, -0.2) is 0 Å². The minimum absolute atomic E-state index is 0.268. The number of hydrogen-bond acceptors (Lipinski definition) is 4. The second-order valence-electron chi connectivity index (χ2n) is 6.29. The summed E-state index contributed by atoms with van der Waals surface area (Å²) in [5.74, 6) is 2.13. The van der Waals surface area contributed by atoms with Crippen LogP contribution in [-0.4, -0.2) is 42.4 Å². The zero-order valence-corrected chi connectivity index (χ0v) is 14.1. The maximum Gasteiger partial charge on any atom is 0.169 e. The number of rotatable bonds is 7. The van der Waals surface area contributed by atoms with E-state index >= 15 is 0 Å². The van der Waals surface area contributed by atoms with Gasteiger partial charge in [0.15, 0.2) is 11.5 Å². The van der Waals surface area contributed by atoms with Crippen LogP contribution in [0.5, 0.6) is 17.2 Å². The van der Waals surface area contributed by atoms with Gasteiger partial charge in [0.25, 0.3) is 0 Å². The summed E-state index contributed by atoms with van der Waals surface area (Å²) in [6.45, 7) is 5.10. The Morgan fingerprint density at radius 1 is 0.958 bits per heavy atom. The summed E-state index contributed by atoms with van der Waals surface area (Å²) >= 11 is 0. The average Bonchev–Trinajstić information content (AvgIpc) is 3.09. The van der Waals surface area contributed by atoms with Gasteiger partial charge in [-0.15, -0.1) is 0 Å². The summed E-state index contributed by atoms with van der Waals surface area (Å²) in [5.41, 5.74) is 1.07. The monoisotopic (exact) mass is 327 g/mol. The molecule has 0 radical (unpaired) electrons. The van der Waals surface area contributed by atoms with Crippen LogP contribution in [0.3, 0.4) is 0 Å². The normalized spacial score (nSPS) is 16.1. The van der Waals surface area contributed by atoms with Crippen molar-refractivity contribution in [2.45, 2.75) is 25.9 Å². The van der Waals surface area contributed by atoms with E-state index in [-0.39, 0.29) is 6.61 Å². The Hall–Kier alpha value is -2.04. The molecule has 2 aromatic rings. The van der Waals surface area contributed by atoms with Gasteiger partial charge in [0.2, 0.25) is 0 Å². The van der Waals surface area contributed by atoms with Gasteiger partial charge in [0, 0.05) is 6.54 Å². The predicted molar refractivity (Wildman–Crippen MR) is 94.9 cm³/mol. The molecule has 4 heteroatoms. The van der Waals surface area contributed by atoms with E-state index in [9.17, 15) is 5.11 Å². The van der Waals surface area contributed by atoms with Gasteiger partial charge in [-0.3, -0.25) is 0 Å². The molecule has 128 valence electrons. The molecule has 1 atom stereocenters. The number of aliphatic hydroxyl groups excluding tert-OH is 1. The molecule has 1 aliphatic heterocycles. The summed E-state index contributed by atoms with van der Waals surface area (Å²) in [7, 11) is 0. The van der Waals surface area contributed by atoms with Gasteiger partial charge < -0.3 is 19.5 Å². The Morgan fingerprint density at radius 3 is 2.29 bits per heavy atom. The SMILES string of the molecule is Cc1ccccc1Oc1ccccc1OCC(O)CN1CCCC1. The molecule has 24 heavy (non-hydrogen) atoms. The van der Waals surface area contributed by atoms with Crippen LogP contribution in [0.15, 0.2) is 48.5 Å². The van der Waals surface area contributed by atoms with Crippen molar-refractivity contribution in [2.24, 2.45) is 0 Å². The molecule has 0 saturated carbocycles. The number of benzene rings is 2. The van der Waals surface area contributed by atoms with Gasteiger partial charge in [0.1, 0.15) is 18.5 Å². The number of likely N-dealkylation sites (tertiary alicyclic amines) is 1. The first kappa shape index (κ1) is 16.8. The molecule has 4 nitrogen and oxygen atoms in total. The van der Waals surface area contributed by atoms with Crippen LogP contribution in [0.2, 0.25) is 0 Å². The molecule has 0 amide bonds. The van der Waals surface area contributed by atoms with Gasteiger partial charge in [0.05, 0.1) is 0 Å². The smallest absolute Gasteiger partial charge is 0.169 e. The summed E-state index contributed by atoms with van der Waals surface area (Å²) in [6.07, 6.45) is 1.95. The van der Waals surface area contributed by atoms with Crippen molar-refractivity contribution in [1.29, 1.82) is 0 Å². The first-order valence-electron chi connectivity index (χ1n) is 8.58. The van der Waals surface area contributed by atoms with E-state index in [4.69, 9.17) is 9.47 Å². The summed E-state index contributed by atoms with van der Waals surface area (Å²) < 4.78 is 11.8. The van der Waals surface area contributed by atoms with E-state index in [1.165, 1.54) is 12.8 Å². The number of β-amino-alcohol motifs (C(OH)–C–C–N with tert-alkyl or cyclic N) is 1. The molecule has 0 spiro atoms. The Morgan fingerprint density at radius 2 is 1.58 bits per heavy atom.